The fraction of sp³-hybridized carbons (Fsp3) is 0.941. The Morgan fingerprint density at radius 2 is 2.05 bits per heavy atom. The third-order valence-electron chi connectivity index (χ3n) is 5.50. The molecular formula is C17H31N3O2. The lowest BCUT2D eigenvalue weighted by molar-refractivity contribution is -0.123. The summed E-state index contributed by atoms with van der Waals surface area (Å²) in [5.74, 6) is 0.654. The minimum absolute atomic E-state index is 0.222. The van der Waals surface area contributed by atoms with Gasteiger partial charge in [-0.15, -0.1) is 0 Å². The Balaban J connectivity index is 1.36. The van der Waals surface area contributed by atoms with Gasteiger partial charge in [-0.1, -0.05) is 0 Å². The van der Waals surface area contributed by atoms with Gasteiger partial charge in [0.25, 0.3) is 0 Å². The van der Waals surface area contributed by atoms with Crippen LogP contribution in [-0.4, -0.2) is 75.2 Å². The minimum Gasteiger partial charge on any atom is -0.381 e. The second-order valence-corrected chi connectivity index (χ2v) is 7.64. The Kier molecular flexibility index (Phi) is 5.37. The fourth-order valence-electron chi connectivity index (χ4n) is 3.64. The van der Waals surface area contributed by atoms with E-state index in [1.165, 1.54) is 39.0 Å². The Morgan fingerprint density at radius 1 is 1.27 bits per heavy atom. The number of amides is 1. The Labute approximate surface area is 134 Å². The van der Waals surface area contributed by atoms with Crippen LogP contribution in [-0.2, 0) is 9.53 Å². The molecule has 0 aromatic carbocycles. The van der Waals surface area contributed by atoms with Crippen molar-refractivity contribution in [1.82, 2.24) is 15.1 Å². The molecule has 22 heavy (non-hydrogen) atoms. The maximum absolute atomic E-state index is 12.1. The molecule has 5 nitrogen and oxygen atoms in total. The van der Waals surface area contributed by atoms with Crippen LogP contribution in [0.4, 0.5) is 0 Å². The monoisotopic (exact) mass is 309 g/mol. The van der Waals surface area contributed by atoms with E-state index in [1.807, 2.05) is 0 Å². The first-order chi connectivity index (χ1) is 10.7. The Hall–Kier alpha value is -0.650. The van der Waals surface area contributed by atoms with E-state index in [0.717, 1.165) is 39.1 Å². The van der Waals surface area contributed by atoms with E-state index in [2.05, 4.69) is 22.2 Å². The number of piperazine rings is 1. The molecule has 1 aliphatic carbocycles. The van der Waals surface area contributed by atoms with E-state index >= 15 is 0 Å². The van der Waals surface area contributed by atoms with E-state index in [4.69, 9.17) is 4.74 Å². The molecule has 2 saturated heterocycles. The highest BCUT2D eigenvalue weighted by Gasteiger charge is 2.44. The quantitative estimate of drug-likeness (QED) is 0.793. The second-order valence-electron chi connectivity index (χ2n) is 7.64. The van der Waals surface area contributed by atoms with Gasteiger partial charge in [0.2, 0.25) is 5.91 Å². The Bertz CT molecular complexity index is 370. The number of nitrogens with zero attached hydrogens (tertiary/aromatic N) is 2. The fourth-order valence-corrected chi connectivity index (χ4v) is 3.64. The normalized spacial score (nSPS) is 29.2. The lowest BCUT2D eigenvalue weighted by Crippen LogP contribution is -2.48. The van der Waals surface area contributed by atoms with Gasteiger partial charge in [0, 0.05) is 64.3 Å². The SMILES string of the molecule is CN1CCN(CC2(CNC(=O)C[C@@H]3CCCOC3)CC2)CC1. The summed E-state index contributed by atoms with van der Waals surface area (Å²) in [4.78, 5) is 17.1. The highest BCUT2D eigenvalue weighted by molar-refractivity contribution is 5.76. The molecular weight excluding hydrogens is 278 g/mol. The van der Waals surface area contributed by atoms with Crippen molar-refractivity contribution < 1.29 is 9.53 Å². The first kappa shape index (κ1) is 16.2. The molecule has 1 saturated carbocycles. The molecule has 0 aromatic heterocycles. The summed E-state index contributed by atoms with van der Waals surface area (Å²) in [7, 11) is 2.19. The smallest absolute Gasteiger partial charge is 0.220 e. The van der Waals surface area contributed by atoms with E-state index in [9.17, 15) is 4.79 Å². The maximum atomic E-state index is 12.1. The van der Waals surface area contributed by atoms with Crippen molar-refractivity contribution in [1.29, 1.82) is 0 Å². The number of hydrogen-bond acceptors (Lipinski definition) is 4. The minimum atomic E-state index is 0.222. The van der Waals surface area contributed by atoms with Gasteiger partial charge in [0.1, 0.15) is 0 Å². The van der Waals surface area contributed by atoms with Crippen LogP contribution in [0, 0.1) is 11.3 Å². The van der Waals surface area contributed by atoms with Crippen molar-refractivity contribution in [2.75, 3.05) is 59.5 Å². The van der Waals surface area contributed by atoms with Crippen LogP contribution in [0.25, 0.3) is 0 Å². The largest absolute Gasteiger partial charge is 0.381 e. The molecule has 3 aliphatic rings. The zero-order valence-electron chi connectivity index (χ0n) is 14.0. The number of nitrogens with one attached hydrogen (secondary N) is 1. The van der Waals surface area contributed by atoms with Gasteiger partial charge in [-0.2, -0.15) is 0 Å². The van der Waals surface area contributed by atoms with Crippen LogP contribution < -0.4 is 5.32 Å². The van der Waals surface area contributed by atoms with E-state index < -0.39 is 0 Å². The average Bonchev–Trinajstić information content (AvgIpc) is 3.29. The van der Waals surface area contributed by atoms with Gasteiger partial charge in [-0.05, 0) is 38.6 Å². The first-order valence-electron chi connectivity index (χ1n) is 8.91. The van der Waals surface area contributed by atoms with Crippen LogP contribution >= 0.6 is 0 Å². The molecule has 2 aliphatic heterocycles. The topological polar surface area (TPSA) is 44.8 Å². The van der Waals surface area contributed by atoms with Crippen LogP contribution in [0.1, 0.15) is 32.1 Å². The number of carbonyl (C=O) groups is 1. The number of ether oxygens (including phenoxy) is 1. The van der Waals surface area contributed by atoms with E-state index in [1.54, 1.807) is 0 Å². The molecule has 0 bridgehead atoms. The van der Waals surface area contributed by atoms with Crippen molar-refractivity contribution >= 4 is 5.91 Å². The van der Waals surface area contributed by atoms with Crippen molar-refractivity contribution in [3.05, 3.63) is 0 Å². The van der Waals surface area contributed by atoms with Gasteiger partial charge in [-0.3, -0.25) is 4.79 Å². The molecule has 0 aromatic rings. The van der Waals surface area contributed by atoms with Crippen molar-refractivity contribution in [2.24, 2.45) is 11.3 Å². The van der Waals surface area contributed by atoms with Gasteiger partial charge in [-0.25, -0.2) is 0 Å². The summed E-state index contributed by atoms with van der Waals surface area (Å²) >= 11 is 0. The molecule has 1 amide bonds. The Morgan fingerprint density at radius 3 is 2.68 bits per heavy atom. The molecule has 0 radical (unpaired) electrons. The standard InChI is InChI=1S/C17H31N3O2/c1-19-6-8-20(9-7-19)14-17(4-5-17)13-18-16(21)11-15-3-2-10-22-12-15/h15H,2-14H2,1H3,(H,18,21)/t15-/m0/s1. The number of likely N-dealkylation sites (N-methyl/N-ethyl adjacent to an activating group) is 1. The van der Waals surface area contributed by atoms with E-state index in [-0.39, 0.29) is 5.91 Å². The molecule has 3 fully saturated rings. The van der Waals surface area contributed by atoms with Crippen molar-refractivity contribution in [3.8, 4) is 0 Å². The molecule has 2 heterocycles. The predicted octanol–water partition coefficient (Wildman–Crippen LogP) is 0.947. The number of rotatable bonds is 6. The summed E-state index contributed by atoms with van der Waals surface area (Å²) < 4.78 is 5.46. The van der Waals surface area contributed by atoms with Crippen LogP contribution in [0.3, 0.4) is 0 Å². The van der Waals surface area contributed by atoms with Gasteiger partial charge in [0.05, 0.1) is 0 Å². The van der Waals surface area contributed by atoms with Gasteiger partial charge < -0.3 is 19.9 Å². The molecule has 3 rings (SSSR count). The third-order valence-corrected chi connectivity index (χ3v) is 5.50. The summed E-state index contributed by atoms with van der Waals surface area (Å²) in [6.07, 6.45) is 5.42. The number of carbonyl (C=O) groups excluding carboxylic acids is 1. The summed E-state index contributed by atoms with van der Waals surface area (Å²) in [6.45, 7) is 8.34. The maximum Gasteiger partial charge on any atom is 0.220 e. The van der Waals surface area contributed by atoms with Crippen LogP contribution in [0.5, 0.6) is 0 Å². The molecule has 1 atom stereocenters. The molecule has 5 heteroatoms. The van der Waals surface area contributed by atoms with Crippen molar-refractivity contribution in [2.45, 2.75) is 32.1 Å². The van der Waals surface area contributed by atoms with Crippen molar-refractivity contribution in [3.63, 3.8) is 0 Å². The van der Waals surface area contributed by atoms with E-state index in [0.29, 0.717) is 17.8 Å². The summed E-state index contributed by atoms with van der Waals surface area (Å²) in [6, 6.07) is 0. The lowest BCUT2D eigenvalue weighted by atomic mass is 9.98. The van der Waals surface area contributed by atoms with Gasteiger partial charge >= 0.3 is 0 Å². The number of hydrogen-bond donors (Lipinski definition) is 1. The molecule has 1 N–H and O–H groups in total. The first-order valence-corrected chi connectivity index (χ1v) is 8.91. The van der Waals surface area contributed by atoms with Gasteiger partial charge in [0.15, 0.2) is 0 Å². The van der Waals surface area contributed by atoms with Crippen LogP contribution in [0.15, 0.2) is 0 Å². The average molecular weight is 309 g/mol. The highest BCUT2D eigenvalue weighted by atomic mass is 16.5. The molecule has 0 unspecified atom stereocenters. The zero-order chi connectivity index (χ0) is 15.4. The molecule has 126 valence electrons. The second kappa shape index (κ2) is 7.28. The summed E-state index contributed by atoms with van der Waals surface area (Å²) in [5.41, 5.74) is 0.370. The predicted molar refractivity (Wildman–Crippen MR) is 86.8 cm³/mol. The molecule has 0 spiro atoms. The summed E-state index contributed by atoms with van der Waals surface area (Å²) in [5, 5.41) is 3.20. The lowest BCUT2D eigenvalue weighted by Gasteiger charge is -2.35. The zero-order valence-corrected chi connectivity index (χ0v) is 14.0. The highest BCUT2D eigenvalue weighted by Crippen LogP contribution is 2.45. The van der Waals surface area contributed by atoms with Crippen LogP contribution in [0.2, 0.25) is 0 Å². The third kappa shape index (κ3) is 4.67.